The van der Waals surface area contributed by atoms with Gasteiger partial charge in [-0.25, -0.2) is 13.6 Å². The number of likely N-dealkylation sites (tertiary alicyclic amines) is 1. The Morgan fingerprint density at radius 3 is 2.66 bits per heavy atom. The summed E-state index contributed by atoms with van der Waals surface area (Å²) in [6, 6.07) is 8.42. The zero-order chi connectivity index (χ0) is 22.8. The van der Waals surface area contributed by atoms with Crippen molar-refractivity contribution in [2.75, 3.05) is 17.2 Å². The van der Waals surface area contributed by atoms with Crippen molar-refractivity contribution in [3.8, 4) is 0 Å². The van der Waals surface area contributed by atoms with E-state index >= 15 is 0 Å². The lowest BCUT2D eigenvalue weighted by atomic mass is 10.1. The molecule has 2 aromatic carbocycles. The van der Waals surface area contributed by atoms with E-state index in [1.807, 2.05) is 32.0 Å². The van der Waals surface area contributed by atoms with Gasteiger partial charge in [-0.1, -0.05) is 23.5 Å². The average Bonchev–Trinajstić information content (AvgIpc) is 3.43. The predicted molar refractivity (Wildman–Crippen MR) is 118 cm³/mol. The Morgan fingerprint density at radius 1 is 1.06 bits per heavy atom. The number of nitrogens with zero attached hydrogens (tertiary/aromatic N) is 3. The van der Waals surface area contributed by atoms with Crippen molar-refractivity contribution in [1.82, 2.24) is 15.1 Å². The van der Waals surface area contributed by atoms with Gasteiger partial charge in [0.15, 0.2) is 11.6 Å². The fraction of sp³-hybridized carbons (Fsp3) is 0.273. The second kappa shape index (κ2) is 8.99. The minimum Gasteiger partial charge on any atom is -0.320 e. The Bertz CT molecular complexity index is 1180. The SMILES string of the molecule is Cc1ccc(C)c(NC(=O)N2CCCC2c2nnc(C(=O)Nc3ccc(F)c(F)c3)s2)c1. The fourth-order valence-electron chi connectivity index (χ4n) is 3.54. The van der Waals surface area contributed by atoms with Gasteiger partial charge in [0.2, 0.25) is 5.01 Å². The van der Waals surface area contributed by atoms with Gasteiger partial charge in [0.1, 0.15) is 5.01 Å². The van der Waals surface area contributed by atoms with Crippen LogP contribution < -0.4 is 10.6 Å². The summed E-state index contributed by atoms with van der Waals surface area (Å²) in [6.07, 6.45) is 1.51. The van der Waals surface area contributed by atoms with Crippen LogP contribution in [0.15, 0.2) is 36.4 Å². The van der Waals surface area contributed by atoms with Crippen LogP contribution in [-0.4, -0.2) is 33.6 Å². The fourth-order valence-corrected chi connectivity index (χ4v) is 4.43. The number of benzene rings is 2. The molecule has 3 amide bonds. The molecule has 1 aliphatic rings. The quantitative estimate of drug-likeness (QED) is 0.574. The minimum absolute atomic E-state index is 0.0755. The molecule has 2 N–H and O–H groups in total. The minimum atomic E-state index is -1.06. The molecule has 1 fully saturated rings. The standard InChI is InChI=1S/C22H21F2N5O2S/c1-12-5-6-13(2)17(10-12)26-22(31)29-9-3-4-18(29)20-27-28-21(32-20)19(30)25-14-7-8-15(23)16(24)11-14/h5-8,10-11,18H,3-4,9H2,1-2H3,(H,25,30)(H,26,31). The number of carbonyl (C=O) groups excluding carboxylic acids is 2. The van der Waals surface area contributed by atoms with E-state index < -0.39 is 17.5 Å². The van der Waals surface area contributed by atoms with Gasteiger partial charge in [-0.15, -0.1) is 10.2 Å². The smallest absolute Gasteiger partial charge is 0.320 e. The first-order valence-electron chi connectivity index (χ1n) is 10.1. The van der Waals surface area contributed by atoms with Gasteiger partial charge in [0.05, 0.1) is 6.04 Å². The summed E-state index contributed by atoms with van der Waals surface area (Å²) < 4.78 is 26.4. The lowest BCUT2D eigenvalue weighted by molar-refractivity contribution is 0.102. The van der Waals surface area contributed by atoms with Crippen LogP contribution in [0.3, 0.4) is 0 Å². The summed E-state index contributed by atoms with van der Waals surface area (Å²) in [5.74, 6) is -2.64. The molecule has 0 saturated carbocycles. The highest BCUT2D eigenvalue weighted by Gasteiger charge is 2.33. The summed E-state index contributed by atoms with van der Waals surface area (Å²) in [5.41, 5.74) is 2.88. The third kappa shape index (κ3) is 4.59. The zero-order valence-corrected chi connectivity index (χ0v) is 18.3. The van der Waals surface area contributed by atoms with Gasteiger partial charge in [-0.05, 0) is 56.0 Å². The van der Waals surface area contributed by atoms with E-state index in [4.69, 9.17) is 0 Å². The summed E-state index contributed by atoms with van der Waals surface area (Å²) in [7, 11) is 0. The van der Waals surface area contributed by atoms with Crippen molar-refractivity contribution in [2.24, 2.45) is 0 Å². The van der Waals surface area contributed by atoms with Crippen LogP contribution in [0.1, 0.15) is 44.8 Å². The number of anilines is 2. The Balaban J connectivity index is 1.46. The van der Waals surface area contributed by atoms with Crippen LogP contribution >= 0.6 is 11.3 Å². The zero-order valence-electron chi connectivity index (χ0n) is 17.5. The van der Waals surface area contributed by atoms with Crippen LogP contribution in [0.25, 0.3) is 0 Å². The Hall–Kier alpha value is -3.40. The van der Waals surface area contributed by atoms with E-state index in [0.29, 0.717) is 18.0 Å². The summed E-state index contributed by atoms with van der Waals surface area (Å²) >= 11 is 1.07. The molecule has 10 heteroatoms. The number of halogens is 2. The molecule has 0 aliphatic carbocycles. The van der Waals surface area contributed by atoms with Crippen molar-refractivity contribution in [2.45, 2.75) is 32.7 Å². The molecule has 0 spiro atoms. The topological polar surface area (TPSA) is 87.2 Å². The highest BCUT2D eigenvalue weighted by atomic mass is 32.1. The molecular weight excluding hydrogens is 436 g/mol. The molecule has 7 nitrogen and oxygen atoms in total. The molecule has 1 unspecified atom stereocenters. The van der Waals surface area contributed by atoms with Gasteiger partial charge < -0.3 is 15.5 Å². The normalized spacial score (nSPS) is 15.6. The second-order valence-corrected chi connectivity index (χ2v) is 8.64. The third-order valence-corrected chi connectivity index (χ3v) is 6.27. The molecule has 4 rings (SSSR count). The van der Waals surface area contributed by atoms with Crippen LogP contribution in [-0.2, 0) is 0 Å². The molecule has 32 heavy (non-hydrogen) atoms. The second-order valence-electron chi connectivity index (χ2n) is 7.63. The van der Waals surface area contributed by atoms with Crippen molar-refractivity contribution in [3.05, 3.63) is 69.2 Å². The van der Waals surface area contributed by atoms with Crippen molar-refractivity contribution in [3.63, 3.8) is 0 Å². The number of aromatic nitrogens is 2. The first-order chi connectivity index (χ1) is 15.3. The lowest BCUT2D eigenvalue weighted by Crippen LogP contribution is -2.34. The molecule has 2 heterocycles. The third-order valence-electron chi connectivity index (χ3n) is 5.25. The number of rotatable bonds is 4. The number of urea groups is 1. The number of carbonyl (C=O) groups is 2. The molecule has 3 aromatic rings. The van der Waals surface area contributed by atoms with Gasteiger partial charge in [0, 0.05) is 24.0 Å². The van der Waals surface area contributed by atoms with E-state index in [1.165, 1.54) is 6.07 Å². The highest BCUT2D eigenvalue weighted by Crippen LogP contribution is 2.34. The van der Waals surface area contributed by atoms with Gasteiger partial charge in [0.25, 0.3) is 5.91 Å². The maximum absolute atomic E-state index is 13.4. The predicted octanol–water partition coefficient (Wildman–Crippen LogP) is 5.05. The van der Waals surface area contributed by atoms with Gasteiger partial charge in [-0.2, -0.15) is 0 Å². The van der Waals surface area contributed by atoms with Gasteiger partial charge >= 0.3 is 6.03 Å². The molecule has 1 aromatic heterocycles. The Labute approximate surface area is 187 Å². The largest absolute Gasteiger partial charge is 0.322 e. The first kappa shape index (κ1) is 21.8. The van der Waals surface area contributed by atoms with E-state index in [2.05, 4.69) is 20.8 Å². The number of hydrogen-bond acceptors (Lipinski definition) is 5. The molecule has 1 saturated heterocycles. The molecule has 1 atom stereocenters. The lowest BCUT2D eigenvalue weighted by Gasteiger charge is -2.23. The Morgan fingerprint density at radius 2 is 1.88 bits per heavy atom. The van der Waals surface area contributed by atoms with Crippen molar-refractivity contribution < 1.29 is 18.4 Å². The number of amides is 3. The molecular formula is C22H21F2N5O2S. The van der Waals surface area contributed by atoms with Crippen molar-refractivity contribution >= 4 is 34.6 Å². The van der Waals surface area contributed by atoms with Crippen LogP contribution in [0.4, 0.5) is 25.0 Å². The summed E-state index contributed by atoms with van der Waals surface area (Å²) in [4.78, 5) is 27.1. The van der Waals surface area contributed by atoms with E-state index in [-0.39, 0.29) is 22.8 Å². The van der Waals surface area contributed by atoms with Crippen LogP contribution in [0.5, 0.6) is 0 Å². The van der Waals surface area contributed by atoms with E-state index in [0.717, 1.165) is 46.7 Å². The number of hydrogen-bond donors (Lipinski definition) is 2. The monoisotopic (exact) mass is 457 g/mol. The van der Waals surface area contributed by atoms with Crippen LogP contribution in [0, 0.1) is 25.5 Å². The molecule has 0 bridgehead atoms. The van der Waals surface area contributed by atoms with E-state index in [9.17, 15) is 18.4 Å². The molecule has 0 radical (unpaired) electrons. The average molecular weight is 458 g/mol. The maximum Gasteiger partial charge on any atom is 0.322 e. The summed E-state index contributed by atoms with van der Waals surface area (Å²) in [5, 5.41) is 14.1. The molecule has 1 aliphatic heterocycles. The first-order valence-corrected chi connectivity index (χ1v) is 10.9. The maximum atomic E-state index is 13.4. The number of aryl methyl sites for hydroxylation is 2. The highest BCUT2D eigenvalue weighted by molar-refractivity contribution is 7.13. The molecule has 166 valence electrons. The van der Waals surface area contributed by atoms with Crippen molar-refractivity contribution in [1.29, 1.82) is 0 Å². The Kier molecular flexibility index (Phi) is 6.13. The van der Waals surface area contributed by atoms with E-state index in [1.54, 1.807) is 4.90 Å². The summed E-state index contributed by atoms with van der Waals surface area (Å²) in [6.45, 7) is 4.46. The van der Waals surface area contributed by atoms with Crippen LogP contribution in [0.2, 0.25) is 0 Å². The number of nitrogens with one attached hydrogen (secondary N) is 2. The van der Waals surface area contributed by atoms with Gasteiger partial charge in [-0.3, -0.25) is 4.79 Å².